The largest absolute Gasteiger partial charge is 0.368 e. The first-order valence-electron chi connectivity index (χ1n) is 3.66. The molecule has 0 aromatic carbocycles. The van der Waals surface area contributed by atoms with Gasteiger partial charge in [0.2, 0.25) is 5.91 Å². The average Bonchev–Trinajstić information content (AvgIpc) is 2.52. The molecule has 14 heavy (non-hydrogen) atoms. The number of primary amides is 1. The van der Waals surface area contributed by atoms with Crippen LogP contribution in [0.5, 0.6) is 0 Å². The van der Waals surface area contributed by atoms with Crippen molar-refractivity contribution >= 4 is 27.4 Å². The Morgan fingerprint density at radius 2 is 2.50 bits per heavy atom. The smallest absolute Gasteiger partial charge is 0.345 e. The van der Waals surface area contributed by atoms with E-state index in [1.807, 2.05) is 0 Å². The van der Waals surface area contributed by atoms with Gasteiger partial charge in [0.15, 0.2) is 5.13 Å². The van der Waals surface area contributed by atoms with Crippen LogP contribution in [-0.2, 0) is 4.79 Å². The molecule has 7 nitrogen and oxygen atoms in total. The number of anilines is 1. The van der Waals surface area contributed by atoms with Gasteiger partial charge in [-0.3, -0.25) is 14.9 Å². The monoisotopic (exact) mass is 216 g/mol. The van der Waals surface area contributed by atoms with Crippen LogP contribution in [0, 0.1) is 10.1 Å². The zero-order valence-corrected chi connectivity index (χ0v) is 8.08. The van der Waals surface area contributed by atoms with Crippen LogP contribution in [0.3, 0.4) is 0 Å². The molecule has 1 unspecified atom stereocenters. The summed E-state index contributed by atoms with van der Waals surface area (Å²) in [6, 6.07) is -0.597. The maximum Gasteiger partial charge on any atom is 0.345 e. The summed E-state index contributed by atoms with van der Waals surface area (Å²) in [5.74, 6) is -0.539. The summed E-state index contributed by atoms with van der Waals surface area (Å²) in [5.41, 5.74) is 4.99. The molecule has 3 N–H and O–H groups in total. The third-order valence-electron chi connectivity index (χ3n) is 1.44. The van der Waals surface area contributed by atoms with Crippen LogP contribution in [0.15, 0.2) is 6.20 Å². The maximum absolute atomic E-state index is 10.6. The van der Waals surface area contributed by atoms with Gasteiger partial charge in [-0.1, -0.05) is 0 Å². The Morgan fingerprint density at radius 1 is 1.86 bits per heavy atom. The van der Waals surface area contributed by atoms with Crippen molar-refractivity contribution in [3.8, 4) is 0 Å². The van der Waals surface area contributed by atoms with Crippen molar-refractivity contribution in [2.24, 2.45) is 5.73 Å². The van der Waals surface area contributed by atoms with E-state index in [1.165, 1.54) is 0 Å². The van der Waals surface area contributed by atoms with E-state index in [1.54, 1.807) is 6.92 Å². The molecule has 0 aliphatic rings. The lowest BCUT2D eigenvalue weighted by molar-refractivity contribution is -0.380. The highest BCUT2D eigenvalue weighted by Gasteiger charge is 2.14. The van der Waals surface area contributed by atoms with Crippen molar-refractivity contribution in [1.29, 1.82) is 0 Å². The van der Waals surface area contributed by atoms with Crippen molar-refractivity contribution < 1.29 is 9.72 Å². The highest BCUT2D eigenvalue weighted by atomic mass is 32.1. The van der Waals surface area contributed by atoms with Crippen LogP contribution in [0.1, 0.15) is 6.92 Å². The highest BCUT2D eigenvalue weighted by molar-refractivity contribution is 7.18. The van der Waals surface area contributed by atoms with Crippen LogP contribution < -0.4 is 11.1 Å². The summed E-state index contributed by atoms with van der Waals surface area (Å²) >= 11 is 0.858. The summed E-state index contributed by atoms with van der Waals surface area (Å²) in [6.07, 6.45) is 1.13. The number of nitrogens with one attached hydrogen (secondary N) is 1. The number of amides is 1. The Bertz CT molecular complexity index is 364. The number of nitrogens with two attached hydrogens (primary N) is 1. The second-order valence-corrected chi connectivity index (χ2v) is 3.54. The SMILES string of the molecule is CC(Nc1ncc([N+](=O)[O-])s1)C(N)=O. The van der Waals surface area contributed by atoms with Crippen LogP contribution in [0.25, 0.3) is 0 Å². The van der Waals surface area contributed by atoms with Gasteiger partial charge in [0.1, 0.15) is 12.2 Å². The number of aromatic nitrogens is 1. The maximum atomic E-state index is 10.6. The molecule has 8 heteroatoms. The van der Waals surface area contributed by atoms with Crippen molar-refractivity contribution in [3.63, 3.8) is 0 Å². The number of carbonyl (C=O) groups is 1. The predicted molar refractivity (Wildman–Crippen MR) is 51.0 cm³/mol. The van der Waals surface area contributed by atoms with Gasteiger partial charge in [-0.15, -0.1) is 0 Å². The van der Waals surface area contributed by atoms with E-state index in [-0.39, 0.29) is 5.00 Å². The molecule has 1 aromatic rings. The summed E-state index contributed by atoms with van der Waals surface area (Å²) in [5, 5.41) is 13.2. The molecule has 0 radical (unpaired) electrons. The number of hydrogen-bond donors (Lipinski definition) is 2. The zero-order chi connectivity index (χ0) is 10.7. The van der Waals surface area contributed by atoms with E-state index in [4.69, 9.17) is 5.73 Å². The van der Waals surface area contributed by atoms with Crippen molar-refractivity contribution in [2.45, 2.75) is 13.0 Å². The second-order valence-electron chi connectivity index (χ2n) is 2.53. The van der Waals surface area contributed by atoms with Crippen LogP contribution in [0.4, 0.5) is 10.1 Å². The van der Waals surface area contributed by atoms with E-state index in [2.05, 4.69) is 10.3 Å². The van der Waals surface area contributed by atoms with Crippen molar-refractivity contribution in [2.75, 3.05) is 5.32 Å². The molecule has 0 fully saturated rings. The summed E-state index contributed by atoms with van der Waals surface area (Å²) in [6.45, 7) is 1.55. The Morgan fingerprint density at radius 3 is 2.93 bits per heavy atom. The molecule has 1 amide bonds. The van der Waals surface area contributed by atoms with Gasteiger partial charge in [-0.25, -0.2) is 4.98 Å². The number of carbonyl (C=O) groups excluding carboxylic acids is 1. The topological polar surface area (TPSA) is 111 Å². The Hall–Kier alpha value is -1.70. The van der Waals surface area contributed by atoms with Gasteiger partial charge in [-0.2, -0.15) is 0 Å². The Kier molecular flexibility index (Phi) is 2.97. The molecule has 0 spiro atoms. The van der Waals surface area contributed by atoms with Gasteiger partial charge in [0, 0.05) is 0 Å². The minimum Gasteiger partial charge on any atom is -0.368 e. The minimum atomic E-state index is -0.597. The van der Waals surface area contributed by atoms with Gasteiger partial charge in [0.05, 0.1) is 4.92 Å². The summed E-state index contributed by atoms with van der Waals surface area (Å²) in [7, 11) is 0. The summed E-state index contributed by atoms with van der Waals surface area (Å²) < 4.78 is 0. The molecule has 0 saturated carbocycles. The molecule has 1 aromatic heterocycles. The van der Waals surface area contributed by atoms with Crippen molar-refractivity contribution in [3.05, 3.63) is 16.3 Å². The number of thiazole rings is 1. The minimum absolute atomic E-state index is 0.0795. The van der Waals surface area contributed by atoms with Gasteiger partial charge >= 0.3 is 5.00 Å². The molecule has 0 aliphatic carbocycles. The molecule has 76 valence electrons. The molecule has 0 bridgehead atoms. The molecule has 0 saturated heterocycles. The van der Waals surface area contributed by atoms with E-state index >= 15 is 0 Å². The molecular weight excluding hydrogens is 208 g/mol. The third-order valence-corrected chi connectivity index (χ3v) is 2.32. The third kappa shape index (κ3) is 2.39. The first-order chi connectivity index (χ1) is 6.50. The van der Waals surface area contributed by atoms with Gasteiger partial charge in [-0.05, 0) is 18.3 Å². The lowest BCUT2D eigenvalue weighted by atomic mass is 10.3. The first-order valence-corrected chi connectivity index (χ1v) is 4.48. The zero-order valence-electron chi connectivity index (χ0n) is 7.26. The molecule has 0 aliphatic heterocycles. The predicted octanol–water partition coefficient (Wildman–Crippen LogP) is 0.337. The van der Waals surface area contributed by atoms with Gasteiger partial charge in [0.25, 0.3) is 0 Å². The molecule has 1 atom stereocenters. The number of hydrogen-bond acceptors (Lipinski definition) is 6. The standard InChI is InChI=1S/C6H8N4O3S/c1-3(5(7)11)9-6-8-2-4(14-6)10(12)13/h2-3H,1H3,(H2,7,11)(H,8,9). The van der Waals surface area contributed by atoms with Crippen LogP contribution >= 0.6 is 11.3 Å². The quantitative estimate of drug-likeness (QED) is 0.556. The molecule has 1 heterocycles. The average molecular weight is 216 g/mol. The van der Waals surface area contributed by atoms with E-state index in [0.29, 0.717) is 5.13 Å². The normalized spacial score (nSPS) is 12.1. The fourth-order valence-electron chi connectivity index (χ4n) is 0.673. The first kappa shape index (κ1) is 10.4. The molecular formula is C6H8N4O3S. The van der Waals surface area contributed by atoms with Crippen LogP contribution in [0.2, 0.25) is 0 Å². The van der Waals surface area contributed by atoms with Crippen LogP contribution in [-0.4, -0.2) is 21.9 Å². The van der Waals surface area contributed by atoms with Crippen molar-refractivity contribution in [1.82, 2.24) is 4.98 Å². The number of nitrogens with zero attached hydrogens (tertiary/aromatic N) is 2. The van der Waals surface area contributed by atoms with Gasteiger partial charge < -0.3 is 11.1 Å². The fraction of sp³-hybridized carbons (Fsp3) is 0.333. The molecule has 1 rings (SSSR count). The Balaban J connectivity index is 2.69. The Labute approximate surface area is 83.1 Å². The highest BCUT2D eigenvalue weighted by Crippen LogP contribution is 2.25. The number of rotatable bonds is 4. The van der Waals surface area contributed by atoms with E-state index in [0.717, 1.165) is 17.5 Å². The summed E-state index contributed by atoms with van der Waals surface area (Å²) in [4.78, 5) is 24.1. The fourth-order valence-corrected chi connectivity index (χ4v) is 1.39. The lowest BCUT2D eigenvalue weighted by Crippen LogP contribution is -2.32. The lowest BCUT2D eigenvalue weighted by Gasteiger charge is -2.06. The van der Waals surface area contributed by atoms with E-state index in [9.17, 15) is 14.9 Å². The number of nitro groups is 1. The van der Waals surface area contributed by atoms with E-state index < -0.39 is 16.9 Å². The second kappa shape index (κ2) is 4.01.